The Morgan fingerprint density at radius 1 is 1.41 bits per heavy atom. The molecule has 0 radical (unpaired) electrons. The maximum Gasteiger partial charge on any atom is 0.0441 e. The van der Waals surface area contributed by atoms with Crippen molar-refractivity contribution in [3.8, 4) is 0 Å². The lowest BCUT2D eigenvalue weighted by atomic mass is 9.74. The summed E-state index contributed by atoms with van der Waals surface area (Å²) >= 11 is 6.34. The van der Waals surface area contributed by atoms with E-state index in [2.05, 4.69) is 31.3 Å². The molecule has 0 aromatic heterocycles. The molecule has 1 nitrogen and oxygen atoms in total. The summed E-state index contributed by atoms with van der Waals surface area (Å²) in [6.07, 6.45) is 2.52. The summed E-state index contributed by atoms with van der Waals surface area (Å²) in [5.74, 6) is 2.12. The maximum atomic E-state index is 6.34. The monoisotopic (exact) mass is 251 g/mol. The largest absolute Gasteiger partial charge is 0.316 e. The number of halogens is 1. The average molecular weight is 252 g/mol. The minimum Gasteiger partial charge on any atom is -0.316 e. The Labute approximate surface area is 110 Å². The van der Waals surface area contributed by atoms with Gasteiger partial charge in [-0.15, -0.1) is 0 Å². The zero-order valence-corrected chi connectivity index (χ0v) is 11.5. The Hall–Kier alpha value is -0.530. The first kappa shape index (κ1) is 12.9. The third-order valence-corrected chi connectivity index (χ3v) is 4.56. The van der Waals surface area contributed by atoms with Crippen LogP contribution in [0, 0.1) is 11.8 Å². The van der Waals surface area contributed by atoms with Crippen molar-refractivity contribution in [2.45, 2.75) is 32.6 Å². The standard InChI is InChI=1S/C15H22ClN/c1-3-11(2)12-8-9-17-10-14(12)13-6-4-5-7-15(13)16/h4-7,11-12,14,17H,3,8-10H2,1-2H3. The number of nitrogens with one attached hydrogen (secondary N) is 1. The minimum atomic E-state index is 0.576. The van der Waals surface area contributed by atoms with Crippen LogP contribution in [0.5, 0.6) is 0 Å². The Kier molecular flexibility index (Phi) is 4.47. The molecular formula is C15H22ClN. The van der Waals surface area contributed by atoms with Crippen LogP contribution in [0.25, 0.3) is 0 Å². The molecule has 0 saturated carbocycles. The predicted molar refractivity (Wildman–Crippen MR) is 74.6 cm³/mol. The topological polar surface area (TPSA) is 12.0 Å². The first-order valence-electron chi connectivity index (χ1n) is 6.69. The lowest BCUT2D eigenvalue weighted by Crippen LogP contribution is -2.37. The van der Waals surface area contributed by atoms with E-state index in [4.69, 9.17) is 11.6 Å². The Morgan fingerprint density at radius 3 is 2.88 bits per heavy atom. The number of hydrogen-bond donors (Lipinski definition) is 1. The molecule has 1 heterocycles. The molecule has 1 aliphatic rings. The highest BCUT2D eigenvalue weighted by atomic mass is 35.5. The summed E-state index contributed by atoms with van der Waals surface area (Å²) in [5.41, 5.74) is 1.33. The van der Waals surface area contributed by atoms with E-state index < -0.39 is 0 Å². The van der Waals surface area contributed by atoms with Crippen molar-refractivity contribution in [3.05, 3.63) is 34.9 Å². The summed E-state index contributed by atoms with van der Waals surface area (Å²) in [4.78, 5) is 0. The van der Waals surface area contributed by atoms with E-state index in [9.17, 15) is 0 Å². The minimum absolute atomic E-state index is 0.576. The average Bonchev–Trinajstić information content (AvgIpc) is 2.38. The fourth-order valence-corrected chi connectivity index (χ4v) is 3.25. The maximum absolute atomic E-state index is 6.34. The zero-order valence-electron chi connectivity index (χ0n) is 10.7. The normalized spacial score (nSPS) is 26.8. The summed E-state index contributed by atoms with van der Waals surface area (Å²) in [6, 6.07) is 8.32. The molecule has 2 rings (SSSR count). The Balaban J connectivity index is 2.25. The molecule has 0 amide bonds. The van der Waals surface area contributed by atoms with Gasteiger partial charge in [0.05, 0.1) is 0 Å². The van der Waals surface area contributed by atoms with Crippen molar-refractivity contribution < 1.29 is 0 Å². The predicted octanol–water partition coefficient (Wildman–Crippen LogP) is 4.08. The molecule has 0 bridgehead atoms. The smallest absolute Gasteiger partial charge is 0.0441 e. The number of benzene rings is 1. The van der Waals surface area contributed by atoms with Crippen LogP contribution in [0.2, 0.25) is 5.02 Å². The van der Waals surface area contributed by atoms with Crippen molar-refractivity contribution in [2.75, 3.05) is 13.1 Å². The molecule has 3 atom stereocenters. The van der Waals surface area contributed by atoms with Crippen molar-refractivity contribution in [2.24, 2.45) is 11.8 Å². The highest BCUT2D eigenvalue weighted by Crippen LogP contribution is 2.38. The van der Waals surface area contributed by atoms with Crippen LogP contribution in [0.3, 0.4) is 0 Å². The highest BCUT2D eigenvalue weighted by Gasteiger charge is 2.30. The number of piperidine rings is 1. The van der Waals surface area contributed by atoms with Gasteiger partial charge in [-0.05, 0) is 36.4 Å². The first-order valence-corrected chi connectivity index (χ1v) is 7.07. The second kappa shape index (κ2) is 5.88. The summed E-state index contributed by atoms with van der Waals surface area (Å²) in [5, 5.41) is 4.44. The Morgan fingerprint density at radius 2 is 2.18 bits per heavy atom. The van der Waals surface area contributed by atoms with Crippen LogP contribution in [0.1, 0.15) is 38.2 Å². The van der Waals surface area contributed by atoms with E-state index in [1.54, 1.807) is 0 Å². The van der Waals surface area contributed by atoms with Crippen LogP contribution in [0.4, 0.5) is 0 Å². The zero-order chi connectivity index (χ0) is 12.3. The molecule has 1 aliphatic heterocycles. The molecule has 0 spiro atoms. The first-order chi connectivity index (χ1) is 8.24. The third kappa shape index (κ3) is 2.83. The van der Waals surface area contributed by atoms with E-state index in [0.717, 1.165) is 29.9 Å². The van der Waals surface area contributed by atoms with Gasteiger partial charge in [0, 0.05) is 17.5 Å². The molecule has 1 aromatic rings. The lowest BCUT2D eigenvalue weighted by Gasteiger charge is -2.36. The fraction of sp³-hybridized carbons (Fsp3) is 0.600. The molecular weight excluding hydrogens is 230 g/mol. The van der Waals surface area contributed by atoms with Gasteiger partial charge in [-0.2, -0.15) is 0 Å². The van der Waals surface area contributed by atoms with E-state index in [1.165, 1.54) is 18.4 Å². The molecule has 3 unspecified atom stereocenters. The van der Waals surface area contributed by atoms with Gasteiger partial charge in [0.15, 0.2) is 0 Å². The van der Waals surface area contributed by atoms with Crippen LogP contribution in [0.15, 0.2) is 24.3 Å². The van der Waals surface area contributed by atoms with Crippen LogP contribution in [-0.2, 0) is 0 Å². The Bertz CT molecular complexity index is 364. The van der Waals surface area contributed by atoms with E-state index in [0.29, 0.717) is 5.92 Å². The number of rotatable bonds is 3. The molecule has 0 aliphatic carbocycles. The van der Waals surface area contributed by atoms with Crippen molar-refractivity contribution in [1.29, 1.82) is 0 Å². The van der Waals surface area contributed by atoms with Gasteiger partial charge >= 0.3 is 0 Å². The lowest BCUT2D eigenvalue weighted by molar-refractivity contribution is 0.233. The highest BCUT2D eigenvalue weighted by molar-refractivity contribution is 6.31. The molecule has 1 N–H and O–H groups in total. The second-order valence-corrected chi connectivity index (χ2v) is 5.58. The number of hydrogen-bond acceptors (Lipinski definition) is 1. The quantitative estimate of drug-likeness (QED) is 0.854. The van der Waals surface area contributed by atoms with Crippen LogP contribution in [-0.4, -0.2) is 13.1 Å². The summed E-state index contributed by atoms with van der Waals surface area (Å²) < 4.78 is 0. The van der Waals surface area contributed by atoms with Gasteiger partial charge < -0.3 is 5.32 Å². The van der Waals surface area contributed by atoms with Crippen molar-refractivity contribution >= 4 is 11.6 Å². The van der Waals surface area contributed by atoms with Gasteiger partial charge in [-0.25, -0.2) is 0 Å². The molecule has 1 aromatic carbocycles. The van der Waals surface area contributed by atoms with E-state index in [-0.39, 0.29) is 0 Å². The SMILES string of the molecule is CCC(C)C1CCNCC1c1ccccc1Cl. The van der Waals surface area contributed by atoms with Gasteiger partial charge in [0.25, 0.3) is 0 Å². The summed E-state index contributed by atoms with van der Waals surface area (Å²) in [7, 11) is 0. The molecule has 1 saturated heterocycles. The van der Waals surface area contributed by atoms with Gasteiger partial charge in [-0.1, -0.05) is 50.1 Å². The van der Waals surface area contributed by atoms with Crippen molar-refractivity contribution in [1.82, 2.24) is 5.32 Å². The molecule has 1 fully saturated rings. The van der Waals surface area contributed by atoms with E-state index >= 15 is 0 Å². The van der Waals surface area contributed by atoms with Crippen molar-refractivity contribution in [3.63, 3.8) is 0 Å². The van der Waals surface area contributed by atoms with Gasteiger partial charge in [0.1, 0.15) is 0 Å². The molecule has 17 heavy (non-hydrogen) atoms. The van der Waals surface area contributed by atoms with Crippen LogP contribution < -0.4 is 5.32 Å². The van der Waals surface area contributed by atoms with Gasteiger partial charge in [0.2, 0.25) is 0 Å². The van der Waals surface area contributed by atoms with Gasteiger partial charge in [-0.3, -0.25) is 0 Å². The van der Waals surface area contributed by atoms with E-state index in [1.807, 2.05) is 12.1 Å². The second-order valence-electron chi connectivity index (χ2n) is 5.17. The summed E-state index contributed by atoms with van der Waals surface area (Å²) in [6.45, 7) is 6.88. The fourth-order valence-electron chi connectivity index (χ4n) is 2.98. The van der Waals surface area contributed by atoms with Crippen LogP contribution >= 0.6 is 11.6 Å². The molecule has 2 heteroatoms. The molecule has 94 valence electrons. The third-order valence-electron chi connectivity index (χ3n) is 4.22.